The average molecular weight is 231 g/mol. The number of hydrogen-bond donors (Lipinski definition) is 0. The van der Waals surface area contributed by atoms with Crippen LogP contribution in [0.4, 0.5) is 0 Å². The maximum absolute atomic E-state index is 3.52. The summed E-state index contributed by atoms with van der Waals surface area (Å²) in [5, 5.41) is 0.575. The minimum absolute atomic E-state index is 0.575. The van der Waals surface area contributed by atoms with E-state index in [1.807, 2.05) is 17.8 Å². The predicted octanol–water partition coefficient (Wildman–Crippen LogP) is 3.87. The highest BCUT2D eigenvalue weighted by atomic mass is 79.9. The molecule has 0 heterocycles. The lowest BCUT2D eigenvalue weighted by Gasteiger charge is -2.09. The quantitative estimate of drug-likeness (QED) is 0.744. The van der Waals surface area contributed by atoms with Crippen LogP contribution in [-0.2, 0) is 0 Å². The first-order valence-corrected chi connectivity index (χ1v) is 5.61. The van der Waals surface area contributed by atoms with E-state index < -0.39 is 0 Å². The van der Waals surface area contributed by atoms with Crippen molar-refractivity contribution in [3.8, 4) is 0 Å². The third-order valence-electron chi connectivity index (χ3n) is 1.70. The molecule has 0 saturated carbocycles. The molecule has 1 aromatic carbocycles. The van der Waals surface area contributed by atoms with Crippen LogP contribution < -0.4 is 0 Å². The van der Waals surface area contributed by atoms with Crippen molar-refractivity contribution in [3.63, 3.8) is 0 Å². The van der Waals surface area contributed by atoms with Gasteiger partial charge in [0.15, 0.2) is 0 Å². The van der Waals surface area contributed by atoms with Gasteiger partial charge in [0.25, 0.3) is 0 Å². The minimum Gasteiger partial charge on any atom is -0.157 e. The van der Waals surface area contributed by atoms with Crippen molar-refractivity contribution < 1.29 is 0 Å². The highest BCUT2D eigenvalue weighted by Crippen LogP contribution is 2.30. The molecule has 0 aliphatic rings. The molecule has 0 nitrogen and oxygen atoms in total. The summed E-state index contributed by atoms with van der Waals surface area (Å²) < 4.78 is 1.21. The summed E-state index contributed by atoms with van der Waals surface area (Å²) in [6, 6.07) is 8.36. The van der Waals surface area contributed by atoms with Crippen molar-refractivity contribution in [2.75, 3.05) is 6.26 Å². The van der Waals surface area contributed by atoms with Crippen LogP contribution in [0.2, 0.25) is 0 Å². The Bertz CT molecular complexity index is 235. The summed E-state index contributed by atoms with van der Waals surface area (Å²) in [7, 11) is 0. The van der Waals surface area contributed by atoms with E-state index in [1.54, 1.807) is 0 Å². The summed E-state index contributed by atoms with van der Waals surface area (Å²) in [5.74, 6) is 0. The lowest BCUT2D eigenvalue weighted by atomic mass is 10.2. The van der Waals surface area contributed by atoms with E-state index in [0.717, 1.165) is 0 Å². The van der Waals surface area contributed by atoms with Gasteiger partial charge in [-0.3, -0.25) is 0 Å². The monoisotopic (exact) mass is 230 g/mol. The molecular formula is C9H11BrS. The molecule has 0 N–H and O–H groups in total. The summed E-state index contributed by atoms with van der Waals surface area (Å²) in [5.41, 5.74) is 1.38. The first kappa shape index (κ1) is 9.14. The van der Waals surface area contributed by atoms with Crippen molar-refractivity contribution in [2.45, 2.75) is 12.2 Å². The van der Waals surface area contributed by atoms with Gasteiger partial charge in [-0.2, -0.15) is 11.8 Å². The molecule has 0 bridgehead atoms. The molecule has 60 valence electrons. The van der Waals surface area contributed by atoms with Gasteiger partial charge in [0.1, 0.15) is 0 Å². The van der Waals surface area contributed by atoms with E-state index >= 15 is 0 Å². The Balaban J connectivity index is 2.93. The fourth-order valence-corrected chi connectivity index (χ4v) is 2.17. The van der Waals surface area contributed by atoms with Crippen molar-refractivity contribution >= 4 is 27.7 Å². The van der Waals surface area contributed by atoms with Crippen molar-refractivity contribution in [1.82, 2.24) is 0 Å². The van der Waals surface area contributed by atoms with Gasteiger partial charge in [0, 0.05) is 9.72 Å². The van der Waals surface area contributed by atoms with Crippen LogP contribution in [0.1, 0.15) is 17.7 Å². The van der Waals surface area contributed by atoms with Gasteiger partial charge in [-0.15, -0.1) is 0 Å². The molecule has 0 aliphatic heterocycles. The van der Waals surface area contributed by atoms with Gasteiger partial charge in [-0.1, -0.05) is 34.1 Å². The second-order valence-electron chi connectivity index (χ2n) is 2.40. The van der Waals surface area contributed by atoms with Crippen LogP contribution in [0.3, 0.4) is 0 Å². The molecular weight excluding hydrogens is 220 g/mol. The largest absolute Gasteiger partial charge is 0.157 e. The number of benzene rings is 1. The molecule has 1 atom stereocenters. The Morgan fingerprint density at radius 1 is 1.36 bits per heavy atom. The Labute approximate surface area is 80.5 Å². The highest BCUT2D eigenvalue weighted by molar-refractivity contribution is 9.10. The fraction of sp³-hybridized carbons (Fsp3) is 0.333. The van der Waals surface area contributed by atoms with E-state index in [0.29, 0.717) is 5.25 Å². The lowest BCUT2D eigenvalue weighted by molar-refractivity contribution is 1.09. The molecule has 0 aromatic heterocycles. The van der Waals surface area contributed by atoms with Gasteiger partial charge >= 0.3 is 0 Å². The lowest BCUT2D eigenvalue weighted by Crippen LogP contribution is -1.87. The minimum atomic E-state index is 0.575. The zero-order valence-corrected chi connectivity index (χ0v) is 9.08. The normalized spacial score (nSPS) is 13.0. The van der Waals surface area contributed by atoms with Gasteiger partial charge in [-0.05, 0) is 24.8 Å². The molecule has 11 heavy (non-hydrogen) atoms. The van der Waals surface area contributed by atoms with Crippen LogP contribution in [0, 0.1) is 0 Å². The molecule has 0 amide bonds. The third kappa shape index (κ3) is 2.24. The van der Waals surface area contributed by atoms with E-state index in [2.05, 4.69) is 47.3 Å². The van der Waals surface area contributed by atoms with E-state index in [-0.39, 0.29) is 0 Å². The van der Waals surface area contributed by atoms with Crippen LogP contribution >= 0.6 is 27.7 Å². The molecule has 1 unspecified atom stereocenters. The summed E-state index contributed by atoms with van der Waals surface area (Å²) in [4.78, 5) is 0. The summed E-state index contributed by atoms with van der Waals surface area (Å²) in [6.45, 7) is 2.21. The van der Waals surface area contributed by atoms with E-state index in [9.17, 15) is 0 Å². The third-order valence-corrected chi connectivity index (χ3v) is 3.38. The molecule has 1 aromatic rings. The first-order chi connectivity index (χ1) is 5.25. The standard InChI is InChI=1S/C9H11BrS/c1-7(11-2)8-5-3-4-6-9(8)10/h3-7H,1-2H3. The topological polar surface area (TPSA) is 0 Å². The Morgan fingerprint density at radius 2 is 2.00 bits per heavy atom. The molecule has 0 radical (unpaired) electrons. The summed E-state index contributed by atoms with van der Waals surface area (Å²) in [6.07, 6.45) is 2.13. The zero-order valence-electron chi connectivity index (χ0n) is 6.67. The molecule has 0 fully saturated rings. The Hall–Kier alpha value is 0.0500. The predicted molar refractivity (Wildman–Crippen MR) is 56.1 cm³/mol. The molecule has 2 heteroatoms. The SMILES string of the molecule is CSC(C)c1ccccc1Br. The molecule has 0 saturated heterocycles. The highest BCUT2D eigenvalue weighted by Gasteiger charge is 2.05. The number of hydrogen-bond acceptors (Lipinski definition) is 1. The van der Waals surface area contributed by atoms with Gasteiger partial charge < -0.3 is 0 Å². The summed E-state index contributed by atoms with van der Waals surface area (Å²) >= 11 is 5.39. The van der Waals surface area contributed by atoms with Crippen molar-refractivity contribution in [3.05, 3.63) is 34.3 Å². The fourth-order valence-electron chi connectivity index (χ4n) is 0.932. The maximum Gasteiger partial charge on any atom is 0.0277 e. The van der Waals surface area contributed by atoms with Gasteiger partial charge in [0.05, 0.1) is 0 Å². The number of thioether (sulfide) groups is 1. The average Bonchev–Trinajstić information content (AvgIpc) is 2.04. The maximum atomic E-state index is 3.52. The second-order valence-corrected chi connectivity index (χ2v) is 4.43. The van der Waals surface area contributed by atoms with Crippen molar-refractivity contribution in [2.24, 2.45) is 0 Å². The zero-order chi connectivity index (χ0) is 8.27. The van der Waals surface area contributed by atoms with Gasteiger partial charge in [-0.25, -0.2) is 0 Å². The van der Waals surface area contributed by atoms with Crippen LogP contribution in [0.25, 0.3) is 0 Å². The molecule has 1 rings (SSSR count). The van der Waals surface area contributed by atoms with Crippen molar-refractivity contribution in [1.29, 1.82) is 0 Å². The van der Waals surface area contributed by atoms with Crippen LogP contribution in [-0.4, -0.2) is 6.26 Å². The van der Waals surface area contributed by atoms with Gasteiger partial charge in [0.2, 0.25) is 0 Å². The van der Waals surface area contributed by atoms with Crippen LogP contribution in [0.15, 0.2) is 28.7 Å². The first-order valence-electron chi connectivity index (χ1n) is 3.53. The van der Waals surface area contributed by atoms with Crippen LogP contribution in [0.5, 0.6) is 0 Å². The Kier molecular flexibility index (Phi) is 3.46. The van der Waals surface area contributed by atoms with E-state index in [4.69, 9.17) is 0 Å². The smallest absolute Gasteiger partial charge is 0.0277 e. The molecule has 0 spiro atoms. The Morgan fingerprint density at radius 3 is 2.55 bits per heavy atom. The molecule has 0 aliphatic carbocycles. The number of rotatable bonds is 2. The second kappa shape index (κ2) is 4.17. The van der Waals surface area contributed by atoms with E-state index in [1.165, 1.54) is 10.0 Å². The number of halogens is 1.